The van der Waals surface area contributed by atoms with Crippen LogP contribution in [0.1, 0.15) is 54.4 Å². The molecule has 0 saturated heterocycles. The summed E-state index contributed by atoms with van der Waals surface area (Å²) in [6.07, 6.45) is 3.96. The van der Waals surface area contributed by atoms with Gasteiger partial charge in [0, 0.05) is 0 Å². The molecule has 3 unspecified atom stereocenters. The topological polar surface area (TPSA) is 26.0 Å². The van der Waals surface area contributed by atoms with Gasteiger partial charge < -0.3 is 5.73 Å². The minimum Gasteiger partial charge on any atom is -0.330 e. The molecule has 1 heteroatoms. The molecule has 1 nitrogen and oxygen atoms in total. The number of hydrogen-bond acceptors (Lipinski definition) is 1. The third-order valence-corrected chi connectivity index (χ3v) is 4.84. The van der Waals surface area contributed by atoms with E-state index in [0.29, 0.717) is 11.8 Å². The van der Waals surface area contributed by atoms with Crippen LogP contribution in [0.3, 0.4) is 0 Å². The van der Waals surface area contributed by atoms with Crippen LogP contribution in [0.25, 0.3) is 0 Å². The van der Waals surface area contributed by atoms with Crippen LogP contribution in [-0.4, -0.2) is 6.54 Å². The highest BCUT2D eigenvalue weighted by Crippen LogP contribution is 2.41. The van der Waals surface area contributed by atoms with Crippen molar-refractivity contribution in [3.8, 4) is 0 Å². The number of rotatable bonds is 2. The highest BCUT2D eigenvalue weighted by Gasteiger charge is 2.29. The van der Waals surface area contributed by atoms with Crippen molar-refractivity contribution in [2.24, 2.45) is 17.6 Å². The summed E-state index contributed by atoms with van der Waals surface area (Å²) >= 11 is 0. The molecule has 3 atom stereocenters. The Hall–Kier alpha value is -0.820. The summed E-state index contributed by atoms with van der Waals surface area (Å²) in [6, 6.07) is 4.76. The summed E-state index contributed by atoms with van der Waals surface area (Å²) in [4.78, 5) is 0. The fourth-order valence-electron chi connectivity index (χ4n) is 3.49. The van der Waals surface area contributed by atoms with Gasteiger partial charge in [-0.1, -0.05) is 25.5 Å². The zero-order valence-corrected chi connectivity index (χ0v) is 12.3. The van der Waals surface area contributed by atoms with E-state index in [4.69, 9.17) is 5.73 Å². The summed E-state index contributed by atoms with van der Waals surface area (Å²) in [5.74, 6) is 2.21. The normalized spacial score (nSPS) is 28.4. The Morgan fingerprint density at radius 2 is 1.72 bits per heavy atom. The van der Waals surface area contributed by atoms with Crippen molar-refractivity contribution in [2.45, 2.75) is 52.9 Å². The van der Waals surface area contributed by atoms with Gasteiger partial charge in [0.05, 0.1) is 0 Å². The first-order valence-corrected chi connectivity index (χ1v) is 7.30. The van der Waals surface area contributed by atoms with Crippen LogP contribution in [0.15, 0.2) is 12.1 Å². The monoisotopic (exact) mass is 245 g/mol. The van der Waals surface area contributed by atoms with E-state index in [1.165, 1.54) is 36.0 Å². The Morgan fingerprint density at radius 1 is 1.06 bits per heavy atom. The van der Waals surface area contributed by atoms with Crippen LogP contribution in [0.5, 0.6) is 0 Å². The molecule has 0 amide bonds. The summed E-state index contributed by atoms with van der Waals surface area (Å²) in [6.45, 7) is 9.91. The molecule has 18 heavy (non-hydrogen) atoms. The molecule has 1 fully saturated rings. The van der Waals surface area contributed by atoms with Crippen molar-refractivity contribution < 1.29 is 0 Å². The van der Waals surface area contributed by atoms with Gasteiger partial charge in [-0.3, -0.25) is 0 Å². The fourth-order valence-corrected chi connectivity index (χ4v) is 3.49. The Bertz CT molecular complexity index is 422. The molecule has 0 aliphatic heterocycles. The quantitative estimate of drug-likeness (QED) is 0.834. The fraction of sp³-hybridized carbons (Fsp3) is 0.647. The highest BCUT2D eigenvalue weighted by molar-refractivity contribution is 5.39. The minimum atomic E-state index is 0.679. The number of benzene rings is 1. The van der Waals surface area contributed by atoms with Crippen molar-refractivity contribution in [2.75, 3.05) is 6.54 Å². The summed E-state index contributed by atoms with van der Waals surface area (Å²) in [5.41, 5.74) is 11.8. The molecular weight excluding hydrogens is 218 g/mol. The lowest BCUT2D eigenvalue weighted by atomic mass is 9.70. The van der Waals surface area contributed by atoms with Gasteiger partial charge >= 0.3 is 0 Å². The van der Waals surface area contributed by atoms with Gasteiger partial charge in [-0.2, -0.15) is 0 Å². The zero-order chi connectivity index (χ0) is 13.3. The lowest BCUT2D eigenvalue weighted by Crippen LogP contribution is -2.28. The molecule has 0 aromatic heterocycles. The Kier molecular flexibility index (Phi) is 4.11. The van der Waals surface area contributed by atoms with Crippen LogP contribution >= 0.6 is 0 Å². The number of nitrogens with two attached hydrogens (primary N) is 1. The molecule has 1 aromatic carbocycles. The summed E-state index contributed by atoms with van der Waals surface area (Å²) in [5, 5.41) is 0. The maximum atomic E-state index is 5.99. The first-order chi connectivity index (χ1) is 8.52. The van der Waals surface area contributed by atoms with Crippen molar-refractivity contribution in [1.82, 2.24) is 0 Å². The van der Waals surface area contributed by atoms with E-state index in [1.807, 2.05) is 0 Å². The SMILES string of the molecule is Cc1cc(C)c(C2CC(C)CCC2CN)cc1C. The molecule has 1 saturated carbocycles. The predicted octanol–water partition coefficient (Wildman–Crippen LogP) is 4.09. The second-order valence-electron chi connectivity index (χ2n) is 6.31. The molecule has 1 aliphatic carbocycles. The molecular formula is C17H27N. The molecule has 0 heterocycles. The molecule has 1 aromatic rings. The lowest BCUT2D eigenvalue weighted by molar-refractivity contribution is 0.253. The maximum absolute atomic E-state index is 5.99. The first-order valence-electron chi connectivity index (χ1n) is 7.30. The summed E-state index contributed by atoms with van der Waals surface area (Å²) in [7, 11) is 0. The lowest BCUT2D eigenvalue weighted by Gasteiger charge is -2.35. The standard InChI is InChI=1S/C17H27N/c1-11-5-6-15(10-18)17(7-11)16-9-13(3)12(2)8-14(16)4/h8-9,11,15,17H,5-7,10,18H2,1-4H3. The van der Waals surface area contributed by atoms with Crippen LogP contribution in [0.2, 0.25) is 0 Å². The van der Waals surface area contributed by atoms with Gasteiger partial charge in [0.1, 0.15) is 0 Å². The predicted molar refractivity (Wildman–Crippen MR) is 79.0 cm³/mol. The molecule has 2 N–H and O–H groups in total. The van der Waals surface area contributed by atoms with Gasteiger partial charge in [-0.15, -0.1) is 0 Å². The molecule has 0 spiro atoms. The van der Waals surface area contributed by atoms with E-state index in [0.717, 1.165) is 12.5 Å². The van der Waals surface area contributed by atoms with Gasteiger partial charge in [0.2, 0.25) is 0 Å². The third kappa shape index (κ3) is 2.61. The zero-order valence-electron chi connectivity index (χ0n) is 12.3. The van der Waals surface area contributed by atoms with Gasteiger partial charge in [-0.05, 0) is 80.2 Å². The van der Waals surface area contributed by atoms with Gasteiger partial charge in [-0.25, -0.2) is 0 Å². The number of hydrogen-bond donors (Lipinski definition) is 1. The van der Waals surface area contributed by atoms with Crippen LogP contribution in [0, 0.1) is 32.6 Å². The number of aryl methyl sites for hydroxylation is 3. The highest BCUT2D eigenvalue weighted by atomic mass is 14.6. The molecule has 100 valence electrons. The Balaban J connectivity index is 2.36. The molecule has 1 aliphatic rings. The van der Waals surface area contributed by atoms with Crippen LogP contribution < -0.4 is 5.73 Å². The second kappa shape index (κ2) is 5.44. The van der Waals surface area contributed by atoms with E-state index >= 15 is 0 Å². The molecule has 0 radical (unpaired) electrons. The minimum absolute atomic E-state index is 0.679. The average Bonchev–Trinajstić information content (AvgIpc) is 2.34. The smallest absolute Gasteiger partial charge is 0.00430 e. The van der Waals surface area contributed by atoms with E-state index in [2.05, 4.69) is 39.8 Å². The van der Waals surface area contributed by atoms with Gasteiger partial charge in [0.15, 0.2) is 0 Å². The van der Waals surface area contributed by atoms with Crippen molar-refractivity contribution in [1.29, 1.82) is 0 Å². The average molecular weight is 245 g/mol. The second-order valence-corrected chi connectivity index (χ2v) is 6.31. The van der Waals surface area contributed by atoms with Crippen LogP contribution in [0.4, 0.5) is 0 Å². The van der Waals surface area contributed by atoms with Crippen molar-refractivity contribution >= 4 is 0 Å². The van der Waals surface area contributed by atoms with Gasteiger partial charge in [0.25, 0.3) is 0 Å². The summed E-state index contributed by atoms with van der Waals surface area (Å²) < 4.78 is 0. The first kappa shape index (κ1) is 13.6. The molecule has 2 rings (SSSR count). The largest absolute Gasteiger partial charge is 0.330 e. The van der Waals surface area contributed by atoms with Crippen molar-refractivity contribution in [3.63, 3.8) is 0 Å². The Morgan fingerprint density at radius 3 is 2.39 bits per heavy atom. The van der Waals surface area contributed by atoms with Crippen LogP contribution in [-0.2, 0) is 0 Å². The van der Waals surface area contributed by atoms with E-state index in [1.54, 1.807) is 5.56 Å². The van der Waals surface area contributed by atoms with E-state index in [-0.39, 0.29) is 0 Å². The van der Waals surface area contributed by atoms with Crippen molar-refractivity contribution in [3.05, 3.63) is 34.4 Å². The maximum Gasteiger partial charge on any atom is -0.00430 e. The Labute approximate surface area is 112 Å². The van der Waals surface area contributed by atoms with E-state index < -0.39 is 0 Å². The van der Waals surface area contributed by atoms with E-state index in [9.17, 15) is 0 Å². The molecule has 0 bridgehead atoms. The third-order valence-electron chi connectivity index (χ3n) is 4.84.